The Morgan fingerprint density at radius 1 is 0.339 bits per heavy atom. The number of furan rings is 1. The fraction of sp³-hybridized carbons (Fsp3) is 0. The molecule has 260 valence electrons. The molecule has 4 heteroatoms. The lowest BCUT2D eigenvalue weighted by molar-refractivity contribution is 0.669. The van der Waals surface area contributed by atoms with E-state index in [4.69, 9.17) is 14.4 Å². The maximum atomic E-state index is 6.27. The molecule has 0 aliphatic rings. The molecule has 12 rings (SSSR count). The molecule has 0 atom stereocenters. The van der Waals surface area contributed by atoms with Crippen molar-refractivity contribution in [1.29, 1.82) is 0 Å². The summed E-state index contributed by atoms with van der Waals surface area (Å²) in [7, 11) is 0. The van der Waals surface area contributed by atoms with E-state index in [1.54, 1.807) is 0 Å². The van der Waals surface area contributed by atoms with Crippen LogP contribution in [0.15, 0.2) is 192 Å². The first-order valence-electron chi connectivity index (χ1n) is 19.0. The fourth-order valence-corrected chi connectivity index (χ4v) is 8.93. The molecule has 12 aromatic rings. The van der Waals surface area contributed by atoms with E-state index in [0.29, 0.717) is 5.95 Å². The van der Waals surface area contributed by atoms with E-state index in [-0.39, 0.29) is 0 Å². The average molecular weight is 714 g/mol. The molecule has 0 bridgehead atoms. The molecule has 0 saturated heterocycles. The van der Waals surface area contributed by atoms with Gasteiger partial charge in [-0.05, 0) is 74.1 Å². The lowest BCUT2D eigenvalue weighted by Gasteiger charge is -2.13. The Hall–Kier alpha value is -7.56. The van der Waals surface area contributed by atoms with E-state index >= 15 is 0 Å². The summed E-state index contributed by atoms with van der Waals surface area (Å²) in [5.41, 5.74) is 11.6. The molecule has 0 unspecified atom stereocenters. The molecular weight excluding hydrogens is 683 g/mol. The van der Waals surface area contributed by atoms with Crippen LogP contribution in [0, 0.1) is 0 Å². The molecule has 0 radical (unpaired) electrons. The Kier molecular flexibility index (Phi) is 6.60. The fourth-order valence-electron chi connectivity index (χ4n) is 8.93. The number of fused-ring (bicyclic) bond motifs is 11. The molecular formula is C52H31N3O. The van der Waals surface area contributed by atoms with Crippen molar-refractivity contribution < 1.29 is 4.42 Å². The van der Waals surface area contributed by atoms with Crippen molar-refractivity contribution in [3.8, 4) is 39.5 Å². The van der Waals surface area contributed by atoms with Gasteiger partial charge in [-0.1, -0.05) is 158 Å². The van der Waals surface area contributed by atoms with Crippen LogP contribution >= 0.6 is 0 Å². The van der Waals surface area contributed by atoms with E-state index in [9.17, 15) is 0 Å². The van der Waals surface area contributed by atoms with Gasteiger partial charge in [-0.15, -0.1) is 0 Å². The van der Waals surface area contributed by atoms with Gasteiger partial charge in [0.25, 0.3) is 0 Å². The van der Waals surface area contributed by atoms with Crippen LogP contribution in [0.1, 0.15) is 0 Å². The minimum atomic E-state index is 0.651. The van der Waals surface area contributed by atoms with Gasteiger partial charge in [-0.2, -0.15) is 0 Å². The number of para-hydroxylation sites is 3. The second kappa shape index (κ2) is 12.0. The standard InChI is InChI=1S/C52H31N3O/c1-2-12-32(13-3-1)33-24-26-34(27-25-33)51-41-14-4-7-21-44(41)53-52(54-51)55-45-22-8-5-15-42(45)49-39-19-10-17-35(37(39)28-30-46(49)55)36-18-11-20-40-38(36)29-31-48-50(40)43-16-6-9-23-47(43)56-48/h1-31H. The van der Waals surface area contributed by atoms with Gasteiger partial charge in [0.1, 0.15) is 11.2 Å². The van der Waals surface area contributed by atoms with E-state index in [1.165, 1.54) is 54.6 Å². The molecule has 0 spiro atoms. The highest BCUT2D eigenvalue weighted by atomic mass is 16.3. The summed E-state index contributed by atoms with van der Waals surface area (Å²) < 4.78 is 8.51. The van der Waals surface area contributed by atoms with Crippen molar-refractivity contribution in [3.05, 3.63) is 188 Å². The third kappa shape index (κ3) is 4.53. The third-order valence-corrected chi connectivity index (χ3v) is 11.4. The number of hydrogen-bond donors (Lipinski definition) is 0. The predicted octanol–water partition coefficient (Wildman–Crippen LogP) is 13.9. The zero-order valence-corrected chi connectivity index (χ0v) is 30.1. The van der Waals surface area contributed by atoms with Gasteiger partial charge < -0.3 is 4.42 Å². The molecule has 9 aromatic carbocycles. The highest BCUT2D eigenvalue weighted by Crippen LogP contribution is 2.43. The van der Waals surface area contributed by atoms with Crippen LogP contribution in [0.3, 0.4) is 0 Å². The van der Waals surface area contributed by atoms with E-state index < -0.39 is 0 Å². The van der Waals surface area contributed by atoms with Gasteiger partial charge in [-0.25, -0.2) is 9.97 Å². The third-order valence-electron chi connectivity index (χ3n) is 11.4. The van der Waals surface area contributed by atoms with Crippen LogP contribution < -0.4 is 0 Å². The van der Waals surface area contributed by atoms with Crippen molar-refractivity contribution in [2.75, 3.05) is 0 Å². The topological polar surface area (TPSA) is 43.9 Å². The first kappa shape index (κ1) is 30.9. The highest BCUT2D eigenvalue weighted by molar-refractivity contribution is 6.25. The van der Waals surface area contributed by atoms with E-state index in [1.807, 2.05) is 18.2 Å². The van der Waals surface area contributed by atoms with Crippen molar-refractivity contribution in [3.63, 3.8) is 0 Å². The second-order valence-electron chi connectivity index (χ2n) is 14.5. The predicted molar refractivity (Wildman–Crippen MR) is 232 cm³/mol. The quantitative estimate of drug-likeness (QED) is 0.182. The maximum Gasteiger partial charge on any atom is 0.235 e. The molecule has 4 nitrogen and oxygen atoms in total. The monoisotopic (exact) mass is 713 g/mol. The number of nitrogens with zero attached hydrogens (tertiary/aromatic N) is 3. The first-order chi connectivity index (χ1) is 27.8. The molecule has 3 aromatic heterocycles. The Morgan fingerprint density at radius 3 is 1.75 bits per heavy atom. The van der Waals surface area contributed by atoms with Crippen LogP contribution in [0.2, 0.25) is 0 Å². The molecule has 0 aliphatic heterocycles. The highest BCUT2D eigenvalue weighted by Gasteiger charge is 2.20. The summed E-state index contributed by atoms with van der Waals surface area (Å²) in [5.74, 6) is 0.651. The maximum absolute atomic E-state index is 6.27. The van der Waals surface area contributed by atoms with Crippen molar-refractivity contribution in [2.24, 2.45) is 0 Å². The minimum Gasteiger partial charge on any atom is -0.456 e. The Balaban J connectivity index is 1.08. The summed E-state index contributed by atoms with van der Waals surface area (Å²) in [6, 6.07) is 66.7. The normalized spacial score (nSPS) is 11.9. The smallest absolute Gasteiger partial charge is 0.235 e. The minimum absolute atomic E-state index is 0.651. The SMILES string of the molecule is c1ccc(-c2ccc(-c3nc(-n4c5ccccc5c5c6cccc(-c7cccc8c7ccc7oc9ccccc9c78)c6ccc54)nc4ccccc34)cc2)cc1. The lowest BCUT2D eigenvalue weighted by atomic mass is 9.91. The Labute approximate surface area is 321 Å². The number of benzene rings is 9. The molecule has 0 aliphatic carbocycles. The molecule has 0 amide bonds. The number of rotatable bonds is 4. The summed E-state index contributed by atoms with van der Waals surface area (Å²) in [6.07, 6.45) is 0. The van der Waals surface area contributed by atoms with Crippen molar-refractivity contribution >= 4 is 76.2 Å². The van der Waals surface area contributed by atoms with Crippen LogP contribution in [0.5, 0.6) is 0 Å². The largest absolute Gasteiger partial charge is 0.456 e. The summed E-state index contributed by atoms with van der Waals surface area (Å²) >= 11 is 0. The average Bonchev–Trinajstić information content (AvgIpc) is 3.82. The van der Waals surface area contributed by atoms with Gasteiger partial charge in [0, 0.05) is 32.5 Å². The van der Waals surface area contributed by atoms with Gasteiger partial charge >= 0.3 is 0 Å². The zero-order chi connectivity index (χ0) is 36.7. The lowest BCUT2D eigenvalue weighted by Crippen LogP contribution is -2.03. The molecule has 0 saturated carbocycles. The molecule has 0 fully saturated rings. The van der Waals surface area contributed by atoms with Gasteiger partial charge in [0.15, 0.2) is 0 Å². The van der Waals surface area contributed by atoms with Crippen LogP contribution in [0.4, 0.5) is 0 Å². The number of hydrogen-bond acceptors (Lipinski definition) is 3. The second-order valence-corrected chi connectivity index (χ2v) is 14.5. The van der Waals surface area contributed by atoms with Crippen LogP contribution in [-0.2, 0) is 0 Å². The Bertz CT molecular complexity index is 3520. The van der Waals surface area contributed by atoms with Crippen LogP contribution in [0.25, 0.3) is 116 Å². The van der Waals surface area contributed by atoms with Gasteiger partial charge in [-0.3, -0.25) is 4.57 Å². The van der Waals surface area contributed by atoms with E-state index in [0.717, 1.165) is 55.1 Å². The molecule has 56 heavy (non-hydrogen) atoms. The summed E-state index contributed by atoms with van der Waals surface area (Å²) in [6.45, 7) is 0. The molecule has 0 N–H and O–H groups in total. The van der Waals surface area contributed by atoms with Gasteiger partial charge in [0.05, 0.1) is 22.2 Å². The molecule has 3 heterocycles. The van der Waals surface area contributed by atoms with Crippen molar-refractivity contribution in [2.45, 2.75) is 0 Å². The van der Waals surface area contributed by atoms with Gasteiger partial charge in [0.2, 0.25) is 5.95 Å². The summed E-state index contributed by atoms with van der Waals surface area (Å²) in [5, 5.41) is 10.5. The van der Waals surface area contributed by atoms with E-state index in [2.05, 4.69) is 174 Å². The Morgan fingerprint density at radius 2 is 0.946 bits per heavy atom. The van der Waals surface area contributed by atoms with Crippen molar-refractivity contribution in [1.82, 2.24) is 14.5 Å². The van der Waals surface area contributed by atoms with Crippen LogP contribution in [-0.4, -0.2) is 14.5 Å². The first-order valence-corrected chi connectivity index (χ1v) is 19.0. The summed E-state index contributed by atoms with van der Waals surface area (Å²) in [4.78, 5) is 10.6. The zero-order valence-electron chi connectivity index (χ0n) is 30.1. The number of aromatic nitrogens is 3.